The number of amides is 1. The van der Waals surface area contributed by atoms with Crippen molar-refractivity contribution in [1.82, 2.24) is 4.90 Å². The van der Waals surface area contributed by atoms with Crippen molar-refractivity contribution >= 4 is 21.8 Å². The van der Waals surface area contributed by atoms with Gasteiger partial charge in [-0.3, -0.25) is 4.79 Å². The largest absolute Gasteiger partial charge is 0.337 e. The first-order valence-corrected chi connectivity index (χ1v) is 7.09. The summed E-state index contributed by atoms with van der Waals surface area (Å²) in [5, 5.41) is 0. The molecule has 1 amide bonds. The van der Waals surface area contributed by atoms with Crippen molar-refractivity contribution in [2.75, 3.05) is 13.1 Å². The molecule has 2 rings (SSSR count). The van der Waals surface area contributed by atoms with Crippen LogP contribution >= 0.6 is 15.9 Å². The van der Waals surface area contributed by atoms with Crippen molar-refractivity contribution < 1.29 is 4.79 Å². The van der Waals surface area contributed by atoms with Crippen molar-refractivity contribution in [2.24, 2.45) is 11.7 Å². The molecule has 0 spiro atoms. The molecule has 98 valence electrons. The minimum absolute atomic E-state index is 0.0958. The number of benzene rings is 1. The zero-order valence-corrected chi connectivity index (χ0v) is 12.4. The smallest absolute Gasteiger partial charge is 0.254 e. The molecule has 3 nitrogen and oxygen atoms in total. The highest BCUT2D eigenvalue weighted by molar-refractivity contribution is 9.10. The number of nitrogens with zero attached hydrogens (tertiary/aromatic N) is 1. The number of carbonyl (C=O) groups is 1. The molecule has 0 radical (unpaired) electrons. The maximum atomic E-state index is 12.4. The number of piperidine rings is 1. The van der Waals surface area contributed by atoms with E-state index < -0.39 is 0 Å². The highest BCUT2D eigenvalue weighted by atomic mass is 79.9. The predicted octanol–water partition coefficient (Wildman–Crippen LogP) is 2.57. The van der Waals surface area contributed by atoms with E-state index in [1.807, 2.05) is 30.0 Å². The van der Waals surface area contributed by atoms with E-state index in [2.05, 4.69) is 22.9 Å². The van der Waals surface area contributed by atoms with Gasteiger partial charge in [0.2, 0.25) is 0 Å². The third kappa shape index (κ3) is 2.75. The SMILES string of the molecule is Cc1cc(Br)ccc1C(=O)N1CCC(C)C(N)C1. The van der Waals surface area contributed by atoms with E-state index in [-0.39, 0.29) is 11.9 Å². The van der Waals surface area contributed by atoms with Crippen LogP contribution in [0.15, 0.2) is 22.7 Å². The van der Waals surface area contributed by atoms with Crippen LogP contribution in [0.4, 0.5) is 0 Å². The number of hydrogen-bond acceptors (Lipinski definition) is 2. The van der Waals surface area contributed by atoms with Crippen LogP contribution in [0.2, 0.25) is 0 Å². The van der Waals surface area contributed by atoms with Crippen molar-refractivity contribution in [2.45, 2.75) is 26.3 Å². The van der Waals surface area contributed by atoms with Crippen LogP contribution in [0.25, 0.3) is 0 Å². The van der Waals surface area contributed by atoms with Crippen LogP contribution in [0.3, 0.4) is 0 Å². The first-order valence-electron chi connectivity index (χ1n) is 6.30. The quantitative estimate of drug-likeness (QED) is 0.866. The van der Waals surface area contributed by atoms with Gasteiger partial charge in [-0.15, -0.1) is 0 Å². The summed E-state index contributed by atoms with van der Waals surface area (Å²) in [6.07, 6.45) is 0.989. The zero-order chi connectivity index (χ0) is 13.3. The fourth-order valence-electron chi connectivity index (χ4n) is 2.32. The van der Waals surface area contributed by atoms with E-state index in [0.717, 1.165) is 28.6 Å². The molecule has 1 aromatic rings. The van der Waals surface area contributed by atoms with Gasteiger partial charge in [-0.25, -0.2) is 0 Å². The topological polar surface area (TPSA) is 46.3 Å². The number of nitrogens with two attached hydrogens (primary N) is 1. The first-order chi connectivity index (χ1) is 8.49. The monoisotopic (exact) mass is 310 g/mol. The molecule has 18 heavy (non-hydrogen) atoms. The van der Waals surface area contributed by atoms with Gasteiger partial charge in [-0.05, 0) is 43.0 Å². The lowest BCUT2D eigenvalue weighted by Gasteiger charge is -2.35. The van der Waals surface area contributed by atoms with E-state index in [0.29, 0.717) is 12.5 Å². The summed E-state index contributed by atoms with van der Waals surface area (Å²) in [6.45, 7) is 5.58. The molecule has 1 heterocycles. The third-order valence-electron chi connectivity index (χ3n) is 3.72. The van der Waals surface area contributed by atoms with E-state index in [9.17, 15) is 4.79 Å². The summed E-state index contributed by atoms with van der Waals surface area (Å²) in [6, 6.07) is 5.86. The van der Waals surface area contributed by atoms with Crippen LogP contribution < -0.4 is 5.73 Å². The number of halogens is 1. The minimum atomic E-state index is 0.0958. The van der Waals surface area contributed by atoms with Gasteiger partial charge in [-0.1, -0.05) is 22.9 Å². The summed E-state index contributed by atoms with van der Waals surface area (Å²) < 4.78 is 1.00. The molecule has 2 N–H and O–H groups in total. The van der Waals surface area contributed by atoms with Crippen molar-refractivity contribution in [3.05, 3.63) is 33.8 Å². The third-order valence-corrected chi connectivity index (χ3v) is 4.22. The summed E-state index contributed by atoms with van der Waals surface area (Å²) in [5.41, 5.74) is 7.82. The lowest BCUT2D eigenvalue weighted by atomic mass is 9.93. The Hall–Kier alpha value is -0.870. The van der Waals surface area contributed by atoms with Gasteiger partial charge < -0.3 is 10.6 Å². The van der Waals surface area contributed by atoms with E-state index in [4.69, 9.17) is 5.73 Å². The second kappa shape index (κ2) is 5.41. The summed E-state index contributed by atoms with van der Waals surface area (Å²) in [7, 11) is 0. The van der Waals surface area contributed by atoms with Crippen molar-refractivity contribution in [1.29, 1.82) is 0 Å². The van der Waals surface area contributed by atoms with Gasteiger partial charge in [0.05, 0.1) is 0 Å². The van der Waals surface area contributed by atoms with E-state index in [1.165, 1.54) is 0 Å². The highest BCUT2D eigenvalue weighted by Crippen LogP contribution is 2.21. The van der Waals surface area contributed by atoms with Crippen LogP contribution in [0.5, 0.6) is 0 Å². The van der Waals surface area contributed by atoms with Crippen LogP contribution in [-0.2, 0) is 0 Å². The molecule has 4 heteroatoms. The average molecular weight is 311 g/mol. The molecule has 1 aliphatic rings. The molecule has 1 fully saturated rings. The van der Waals surface area contributed by atoms with Crippen molar-refractivity contribution in [3.63, 3.8) is 0 Å². The molecule has 0 aromatic heterocycles. The lowest BCUT2D eigenvalue weighted by Crippen LogP contribution is -2.49. The number of hydrogen-bond donors (Lipinski definition) is 1. The Kier molecular flexibility index (Phi) is 4.07. The standard InChI is InChI=1S/C14H19BrN2O/c1-9-5-6-17(8-13(9)16)14(18)12-4-3-11(15)7-10(12)2/h3-4,7,9,13H,5-6,8,16H2,1-2H3. The molecule has 1 aromatic carbocycles. The van der Waals surface area contributed by atoms with Gasteiger partial charge in [0.15, 0.2) is 0 Å². The fraction of sp³-hybridized carbons (Fsp3) is 0.500. The molecular formula is C14H19BrN2O. The van der Waals surface area contributed by atoms with Crippen LogP contribution in [0.1, 0.15) is 29.3 Å². The Morgan fingerprint density at radius 2 is 2.22 bits per heavy atom. The highest BCUT2D eigenvalue weighted by Gasteiger charge is 2.27. The second-order valence-electron chi connectivity index (χ2n) is 5.14. The molecule has 1 aliphatic heterocycles. The second-order valence-corrected chi connectivity index (χ2v) is 6.06. The molecule has 0 bridgehead atoms. The van der Waals surface area contributed by atoms with E-state index in [1.54, 1.807) is 0 Å². The van der Waals surface area contributed by atoms with Crippen molar-refractivity contribution in [3.8, 4) is 0 Å². The summed E-state index contributed by atoms with van der Waals surface area (Å²) >= 11 is 3.41. The van der Waals surface area contributed by atoms with Gasteiger partial charge >= 0.3 is 0 Å². The molecule has 1 saturated heterocycles. The number of carbonyl (C=O) groups excluding carboxylic acids is 1. The minimum Gasteiger partial charge on any atom is -0.337 e. The lowest BCUT2D eigenvalue weighted by molar-refractivity contribution is 0.0671. The fourth-order valence-corrected chi connectivity index (χ4v) is 2.80. The molecule has 0 saturated carbocycles. The predicted molar refractivity (Wildman–Crippen MR) is 76.5 cm³/mol. The Morgan fingerprint density at radius 1 is 1.50 bits per heavy atom. The van der Waals surface area contributed by atoms with Crippen LogP contribution in [-0.4, -0.2) is 29.9 Å². The number of rotatable bonds is 1. The summed E-state index contributed by atoms with van der Waals surface area (Å²) in [4.78, 5) is 14.3. The number of likely N-dealkylation sites (tertiary alicyclic amines) is 1. The Labute approximate surface area is 116 Å². The maximum absolute atomic E-state index is 12.4. The normalized spacial score (nSPS) is 24.1. The van der Waals surface area contributed by atoms with Crippen LogP contribution in [0, 0.1) is 12.8 Å². The van der Waals surface area contributed by atoms with E-state index >= 15 is 0 Å². The number of aryl methyl sites for hydroxylation is 1. The average Bonchev–Trinajstić information content (AvgIpc) is 2.32. The Bertz CT molecular complexity index is 461. The van der Waals surface area contributed by atoms with Gasteiger partial charge in [-0.2, -0.15) is 0 Å². The maximum Gasteiger partial charge on any atom is 0.254 e. The first kappa shape index (κ1) is 13.6. The molecule has 2 unspecified atom stereocenters. The Balaban J connectivity index is 2.16. The zero-order valence-electron chi connectivity index (χ0n) is 10.8. The van der Waals surface area contributed by atoms with Gasteiger partial charge in [0.25, 0.3) is 5.91 Å². The summed E-state index contributed by atoms with van der Waals surface area (Å²) in [5.74, 6) is 0.599. The molecular weight excluding hydrogens is 292 g/mol. The van der Waals surface area contributed by atoms with Gasteiger partial charge in [0, 0.05) is 29.2 Å². The molecule has 0 aliphatic carbocycles. The van der Waals surface area contributed by atoms with Gasteiger partial charge in [0.1, 0.15) is 0 Å². The molecule has 2 atom stereocenters. The Morgan fingerprint density at radius 3 is 2.83 bits per heavy atom.